The number of hydrogen-bond donors (Lipinski definition) is 3. The maximum atomic E-state index is 14.9. The van der Waals surface area contributed by atoms with Crippen LogP contribution >= 0.6 is 23.2 Å². The van der Waals surface area contributed by atoms with Crippen molar-refractivity contribution >= 4 is 52.5 Å². The van der Waals surface area contributed by atoms with E-state index in [1.54, 1.807) is 30.3 Å². The highest BCUT2D eigenvalue weighted by molar-refractivity contribution is 6.32. The Hall–Kier alpha value is -4.25. The zero-order valence-electron chi connectivity index (χ0n) is 22.8. The predicted molar refractivity (Wildman–Crippen MR) is 156 cm³/mol. The molecule has 2 aliphatic heterocycles. The van der Waals surface area contributed by atoms with Crippen LogP contribution in [0.25, 0.3) is 0 Å². The predicted octanol–water partition coefficient (Wildman–Crippen LogP) is 5.21. The van der Waals surface area contributed by atoms with Crippen LogP contribution in [0, 0.1) is 29.5 Å². The van der Waals surface area contributed by atoms with Crippen LogP contribution in [0.4, 0.5) is 10.1 Å². The van der Waals surface area contributed by atoms with E-state index >= 15 is 0 Å². The van der Waals surface area contributed by atoms with E-state index in [9.17, 15) is 33.9 Å². The molecule has 1 saturated carbocycles. The minimum absolute atomic E-state index is 0.0147. The normalized spacial score (nSPS) is 29.4. The third-order valence-corrected chi connectivity index (χ3v) is 10.1. The maximum Gasteiger partial charge on any atom is 0.260 e. The van der Waals surface area contributed by atoms with E-state index in [1.807, 2.05) is 6.08 Å². The topological polar surface area (TPSA) is 127 Å². The number of nitrogens with one attached hydrogen (secondary N) is 1. The van der Waals surface area contributed by atoms with Crippen molar-refractivity contribution in [2.75, 3.05) is 5.43 Å². The van der Waals surface area contributed by atoms with Gasteiger partial charge >= 0.3 is 0 Å². The average Bonchev–Trinajstić information content (AvgIpc) is 3.35. The molecule has 3 aromatic rings. The molecule has 4 aliphatic rings. The Bertz CT molecular complexity index is 1780. The van der Waals surface area contributed by atoms with Gasteiger partial charge in [-0.3, -0.25) is 29.8 Å². The summed E-state index contributed by atoms with van der Waals surface area (Å²) in [7, 11) is 0. The number of nitrogens with zero attached hydrogens (tertiary/aromatic N) is 2. The molecule has 12 heteroatoms. The van der Waals surface area contributed by atoms with Gasteiger partial charge in [0.15, 0.2) is 0 Å². The molecule has 2 aliphatic carbocycles. The Labute approximate surface area is 260 Å². The summed E-state index contributed by atoms with van der Waals surface area (Å²) in [5, 5.41) is 22.1. The van der Waals surface area contributed by atoms with Gasteiger partial charge in [0.05, 0.1) is 28.9 Å². The number of phenols is 1. The number of benzene rings is 3. The lowest BCUT2D eigenvalue weighted by Crippen LogP contribution is -2.53. The zero-order valence-corrected chi connectivity index (χ0v) is 24.3. The van der Waals surface area contributed by atoms with Gasteiger partial charge in [0, 0.05) is 16.0 Å². The van der Waals surface area contributed by atoms with Crippen LogP contribution in [0.15, 0.2) is 78.4 Å². The van der Waals surface area contributed by atoms with Crippen LogP contribution < -0.4 is 5.43 Å². The van der Waals surface area contributed by atoms with Crippen molar-refractivity contribution in [3.63, 3.8) is 0 Å². The SMILES string of the molecule is O=C1C2CC=C3C(CC4C(=O)N(Nc5ccc(F)cc5)C(=O)C4(c4ccc(Cl)cc4)C3c3ccc(O)cc3Cl)C2C(=O)N1O. The number of carbonyl (C=O) groups excluding carboxylic acids is 4. The number of amides is 4. The van der Waals surface area contributed by atoms with Gasteiger partial charge < -0.3 is 5.11 Å². The fraction of sp³-hybridized carbons (Fsp3) is 0.250. The molecule has 2 saturated heterocycles. The molecule has 6 unspecified atom stereocenters. The second-order valence-corrected chi connectivity index (χ2v) is 12.4. The summed E-state index contributed by atoms with van der Waals surface area (Å²) in [5.74, 6) is -7.71. The Balaban J connectivity index is 1.48. The number of hydrogen-bond acceptors (Lipinski definition) is 7. The molecule has 4 amide bonds. The molecule has 9 nitrogen and oxygen atoms in total. The molecule has 3 N–H and O–H groups in total. The number of carbonyl (C=O) groups is 4. The molecule has 0 radical (unpaired) electrons. The fourth-order valence-corrected chi connectivity index (χ4v) is 8.14. The largest absolute Gasteiger partial charge is 0.508 e. The first-order chi connectivity index (χ1) is 21.0. The number of rotatable bonds is 4. The number of hydrazine groups is 1. The molecule has 2 heterocycles. The minimum Gasteiger partial charge on any atom is -0.508 e. The summed E-state index contributed by atoms with van der Waals surface area (Å²) in [6.07, 6.45) is 1.96. The zero-order chi connectivity index (χ0) is 31.1. The molecule has 44 heavy (non-hydrogen) atoms. The van der Waals surface area contributed by atoms with Crippen molar-refractivity contribution in [3.8, 4) is 5.75 Å². The Kier molecular flexibility index (Phi) is 6.58. The first-order valence-corrected chi connectivity index (χ1v) is 14.7. The van der Waals surface area contributed by atoms with E-state index in [2.05, 4.69) is 5.43 Å². The first kappa shape index (κ1) is 28.5. The van der Waals surface area contributed by atoms with Gasteiger partial charge in [-0.15, -0.1) is 0 Å². The van der Waals surface area contributed by atoms with Crippen LogP contribution in [0.3, 0.4) is 0 Å². The summed E-state index contributed by atoms with van der Waals surface area (Å²) in [6.45, 7) is 0. The van der Waals surface area contributed by atoms with Crippen molar-refractivity contribution in [1.82, 2.24) is 10.1 Å². The lowest BCUT2D eigenvalue weighted by atomic mass is 9.49. The van der Waals surface area contributed by atoms with Crippen LogP contribution in [-0.4, -0.2) is 44.0 Å². The molecule has 6 atom stereocenters. The van der Waals surface area contributed by atoms with Crippen molar-refractivity contribution < 1.29 is 33.9 Å². The van der Waals surface area contributed by atoms with Crippen LogP contribution in [0.1, 0.15) is 29.9 Å². The minimum atomic E-state index is -1.60. The molecule has 7 rings (SSSR count). The first-order valence-electron chi connectivity index (χ1n) is 14.0. The standard InChI is InChI=1S/C32H24Cl2FN3O6/c33-16-3-1-15(2-4-16)32-24(29(41)37(31(32)43)36-18-7-5-17(35)6-8-18)14-23-20(27(32)21-10-9-19(39)13-25(21)34)11-12-22-26(23)30(42)38(44)28(22)40/h1-11,13,22-24,26-27,36,39,44H,12,14H2. The summed E-state index contributed by atoms with van der Waals surface area (Å²) in [4.78, 5) is 55.4. The van der Waals surface area contributed by atoms with Crippen LogP contribution in [0.2, 0.25) is 10.0 Å². The monoisotopic (exact) mass is 635 g/mol. The van der Waals surface area contributed by atoms with Gasteiger partial charge in [-0.2, -0.15) is 10.1 Å². The molecule has 3 fully saturated rings. The molecule has 0 spiro atoms. The number of aromatic hydroxyl groups is 1. The second-order valence-electron chi connectivity index (χ2n) is 11.6. The van der Waals surface area contributed by atoms with Gasteiger partial charge in [0.1, 0.15) is 11.6 Å². The fourth-order valence-electron chi connectivity index (χ4n) is 7.73. The van der Waals surface area contributed by atoms with Gasteiger partial charge in [0.2, 0.25) is 0 Å². The number of fused-ring (bicyclic) bond motifs is 4. The van der Waals surface area contributed by atoms with Gasteiger partial charge in [-0.25, -0.2) is 4.39 Å². The Morgan fingerprint density at radius 1 is 0.886 bits per heavy atom. The highest BCUT2D eigenvalue weighted by atomic mass is 35.5. The van der Waals surface area contributed by atoms with Crippen molar-refractivity contribution in [3.05, 3.63) is 105 Å². The summed E-state index contributed by atoms with van der Waals surface area (Å²) < 4.78 is 13.7. The molecular formula is C32H24Cl2FN3O6. The molecule has 3 aromatic carbocycles. The second kappa shape index (κ2) is 10.2. The van der Waals surface area contributed by atoms with E-state index in [1.165, 1.54) is 36.4 Å². The van der Waals surface area contributed by atoms with E-state index in [4.69, 9.17) is 23.2 Å². The van der Waals surface area contributed by atoms with Crippen molar-refractivity contribution in [2.24, 2.45) is 23.7 Å². The average molecular weight is 636 g/mol. The van der Waals surface area contributed by atoms with E-state index in [0.717, 1.165) is 5.01 Å². The van der Waals surface area contributed by atoms with Gasteiger partial charge in [-0.1, -0.05) is 53.1 Å². The quantitative estimate of drug-likeness (QED) is 0.204. The Morgan fingerprint density at radius 2 is 1.59 bits per heavy atom. The van der Waals surface area contributed by atoms with Gasteiger partial charge in [0.25, 0.3) is 23.6 Å². The molecule has 0 aromatic heterocycles. The molecular weight excluding hydrogens is 612 g/mol. The molecule has 224 valence electrons. The smallest absolute Gasteiger partial charge is 0.260 e. The van der Waals surface area contributed by atoms with Crippen molar-refractivity contribution in [2.45, 2.75) is 24.2 Å². The number of imide groups is 2. The molecule has 0 bridgehead atoms. The van der Waals surface area contributed by atoms with E-state index < -0.39 is 64.5 Å². The summed E-state index contributed by atoms with van der Waals surface area (Å²) in [5.41, 5.74) is 3.08. The van der Waals surface area contributed by atoms with Crippen LogP contribution in [-0.2, 0) is 24.6 Å². The highest BCUT2D eigenvalue weighted by Gasteiger charge is 2.70. The summed E-state index contributed by atoms with van der Waals surface area (Å²) >= 11 is 13.0. The maximum absolute atomic E-state index is 14.9. The van der Waals surface area contributed by atoms with E-state index in [0.29, 0.717) is 27.4 Å². The lowest BCUT2D eigenvalue weighted by Gasteiger charge is -2.50. The number of halogens is 3. The van der Waals surface area contributed by atoms with E-state index in [-0.39, 0.29) is 28.7 Å². The van der Waals surface area contributed by atoms with Gasteiger partial charge in [-0.05, 0) is 78.4 Å². The van der Waals surface area contributed by atoms with Crippen LogP contribution in [0.5, 0.6) is 5.75 Å². The van der Waals surface area contributed by atoms with Crippen molar-refractivity contribution in [1.29, 1.82) is 0 Å². The Morgan fingerprint density at radius 3 is 2.27 bits per heavy atom. The lowest BCUT2D eigenvalue weighted by molar-refractivity contribution is -0.173. The third-order valence-electron chi connectivity index (χ3n) is 9.53. The number of hydroxylamine groups is 2. The summed E-state index contributed by atoms with van der Waals surface area (Å²) in [6, 6.07) is 16.1. The number of anilines is 1. The highest BCUT2D eigenvalue weighted by Crippen LogP contribution is 2.64. The third kappa shape index (κ3) is 3.94. The number of allylic oxidation sites excluding steroid dienone is 2. The number of phenolic OH excluding ortho intramolecular Hbond substituents is 1.